The number of nitrogens with zero attached hydrogens (tertiary/aromatic N) is 2. The normalized spacial score (nSPS) is 15.7. The molecule has 3 aromatic rings. The number of carbonyl (C=O) groups excluding carboxylic acids is 1. The highest BCUT2D eigenvalue weighted by molar-refractivity contribution is 5.81. The zero-order chi connectivity index (χ0) is 20.4. The van der Waals surface area contributed by atoms with Crippen LogP contribution in [0.2, 0.25) is 0 Å². The number of hydrogen-bond acceptors (Lipinski definition) is 5. The average molecular weight is 394 g/mol. The summed E-state index contributed by atoms with van der Waals surface area (Å²) in [4.78, 5) is 22.8. The van der Waals surface area contributed by atoms with Gasteiger partial charge in [0.15, 0.2) is 11.5 Å². The molecule has 1 aliphatic heterocycles. The number of methoxy groups -OCH3 is 2. The van der Waals surface area contributed by atoms with E-state index in [1.165, 1.54) is 0 Å². The van der Waals surface area contributed by atoms with Gasteiger partial charge in [-0.05, 0) is 36.8 Å². The average Bonchev–Trinajstić information content (AvgIpc) is 3.14. The van der Waals surface area contributed by atoms with Gasteiger partial charge < -0.3 is 19.8 Å². The summed E-state index contributed by atoms with van der Waals surface area (Å²) >= 11 is 0. The Balaban J connectivity index is 1.30. The molecule has 1 aliphatic rings. The number of aromatic amines is 1. The highest BCUT2D eigenvalue weighted by atomic mass is 16.5. The molecular formula is C22H26N4O3. The molecule has 2 N–H and O–H groups in total. The van der Waals surface area contributed by atoms with Gasteiger partial charge in [0.2, 0.25) is 5.91 Å². The first-order valence-electron chi connectivity index (χ1n) is 9.76. The minimum Gasteiger partial charge on any atom is -0.493 e. The minimum absolute atomic E-state index is 0.0165. The van der Waals surface area contributed by atoms with Gasteiger partial charge in [-0.25, -0.2) is 4.98 Å². The number of fused-ring (bicyclic) bond motifs is 1. The lowest BCUT2D eigenvalue weighted by Gasteiger charge is -2.41. The van der Waals surface area contributed by atoms with Crippen molar-refractivity contribution >= 4 is 16.9 Å². The fourth-order valence-corrected chi connectivity index (χ4v) is 3.66. The quantitative estimate of drug-likeness (QED) is 0.644. The first kappa shape index (κ1) is 19.3. The van der Waals surface area contributed by atoms with Gasteiger partial charge in [-0.2, -0.15) is 0 Å². The molecule has 7 nitrogen and oxygen atoms in total. The van der Waals surface area contributed by atoms with Gasteiger partial charge >= 0.3 is 0 Å². The molecule has 0 unspecified atom stereocenters. The predicted octanol–water partition coefficient (Wildman–Crippen LogP) is 2.68. The van der Waals surface area contributed by atoms with Crippen molar-refractivity contribution in [3.63, 3.8) is 0 Å². The summed E-state index contributed by atoms with van der Waals surface area (Å²) in [6.45, 7) is 4.04. The second-order valence-corrected chi connectivity index (χ2v) is 7.37. The summed E-state index contributed by atoms with van der Waals surface area (Å²) in [7, 11) is 3.21. The second-order valence-electron chi connectivity index (χ2n) is 7.37. The number of hydrogen-bond donors (Lipinski definition) is 2. The molecule has 1 aromatic heterocycles. The predicted molar refractivity (Wildman–Crippen MR) is 111 cm³/mol. The van der Waals surface area contributed by atoms with Crippen LogP contribution < -0.4 is 14.8 Å². The number of carbonyl (C=O) groups is 1. The maximum atomic E-state index is 12.6. The van der Waals surface area contributed by atoms with Crippen LogP contribution in [0.4, 0.5) is 0 Å². The standard InChI is InChI=1S/C22H26N4O3/c1-14(22(27)23-11-15-8-9-19(28-2)20(10-15)29-3)26-12-16(13-26)21-24-17-6-4-5-7-18(17)25-21/h4-10,14,16H,11-13H2,1-3H3,(H,23,27)(H,24,25)/t14-/m1/s1. The Kier molecular flexibility index (Phi) is 5.40. The topological polar surface area (TPSA) is 79.5 Å². The van der Waals surface area contributed by atoms with Crippen LogP contribution in [0.1, 0.15) is 24.2 Å². The van der Waals surface area contributed by atoms with Crippen molar-refractivity contribution in [3.05, 3.63) is 53.9 Å². The van der Waals surface area contributed by atoms with Crippen LogP contribution in [0.5, 0.6) is 11.5 Å². The van der Waals surface area contributed by atoms with E-state index < -0.39 is 0 Å². The molecule has 1 amide bonds. The van der Waals surface area contributed by atoms with E-state index in [2.05, 4.69) is 20.2 Å². The van der Waals surface area contributed by atoms with E-state index in [1.54, 1.807) is 14.2 Å². The third-order valence-corrected chi connectivity index (χ3v) is 5.55. The Hall–Kier alpha value is -3.06. The van der Waals surface area contributed by atoms with Gasteiger partial charge in [-0.15, -0.1) is 0 Å². The van der Waals surface area contributed by atoms with Crippen LogP contribution in [0.15, 0.2) is 42.5 Å². The SMILES string of the molecule is COc1ccc(CNC(=O)[C@@H](C)N2CC(c3nc4ccccc4[nH]3)C2)cc1OC. The molecule has 2 heterocycles. The van der Waals surface area contributed by atoms with Crippen LogP contribution in [-0.4, -0.2) is 54.1 Å². The third kappa shape index (κ3) is 3.91. The van der Waals surface area contributed by atoms with E-state index in [1.807, 2.05) is 49.4 Å². The van der Waals surface area contributed by atoms with Crippen molar-refractivity contribution in [2.24, 2.45) is 0 Å². The summed E-state index contributed by atoms with van der Waals surface area (Å²) < 4.78 is 10.6. The molecule has 1 atom stereocenters. The lowest BCUT2D eigenvalue weighted by molar-refractivity contribution is -0.127. The molecule has 152 valence electrons. The molecule has 0 aliphatic carbocycles. The number of ether oxygens (including phenoxy) is 2. The van der Waals surface area contributed by atoms with Crippen molar-refractivity contribution in [2.75, 3.05) is 27.3 Å². The number of imidazole rings is 1. The Morgan fingerprint density at radius 1 is 1.21 bits per heavy atom. The number of H-pyrrole nitrogens is 1. The minimum atomic E-state index is -0.184. The molecule has 2 aromatic carbocycles. The van der Waals surface area contributed by atoms with Gasteiger partial charge in [-0.1, -0.05) is 18.2 Å². The van der Waals surface area contributed by atoms with E-state index in [0.717, 1.165) is 35.5 Å². The lowest BCUT2D eigenvalue weighted by Crippen LogP contribution is -2.55. The Morgan fingerprint density at radius 3 is 2.69 bits per heavy atom. The Labute approximate surface area is 170 Å². The number of nitrogens with one attached hydrogen (secondary N) is 2. The maximum Gasteiger partial charge on any atom is 0.237 e. The van der Waals surface area contributed by atoms with Gasteiger partial charge in [-0.3, -0.25) is 9.69 Å². The molecule has 0 spiro atoms. The fourth-order valence-electron chi connectivity index (χ4n) is 3.66. The smallest absolute Gasteiger partial charge is 0.237 e. The summed E-state index contributed by atoms with van der Waals surface area (Å²) in [6, 6.07) is 13.5. The molecule has 0 bridgehead atoms. The fraction of sp³-hybridized carbons (Fsp3) is 0.364. The summed E-state index contributed by atoms with van der Waals surface area (Å²) in [6.07, 6.45) is 0. The second kappa shape index (κ2) is 8.13. The third-order valence-electron chi connectivity index (χ3n) is 5.55. The molecule has 1 fully saturated rings. The Morgan fingerprint density at radius 2 is 1.97 bits per heavy atom. The van der Waals surface area contributed by atoms with Gasteiger partial charge in [0, 0.05) is 25.6 Å². The molecule has 7 heteroatoms. The Bertz CT molecular complexity index is 977. The molecule has 29 heavy (non-hydrogen) atoms. The molecule has 0 radical (unpaired) electrons. The van der Waals surface area contributed by atoms with Crippen LogP contribution in [0, 0.1) is 0 Å². The number of aromatic nitrogens is 2. The molecule has 0 saturated carbocycles. The van der Waals surface area contributed by atoms with Crippen molar-refractivity contribution in [3.8, 4) is 11.5 Å². The number of rotatable bonds is 7. The zero-order valence-corrected chi connectivity index (χ0v) is 16.9. The van der Waals surface area contributed by atoms with Crippen molar-refractivity contribution in [1.29, 1.82) is 0 Å². The number of likely N-dealkylation sites (tertiary alicyclic amines) is 1. The zero-order valence-electron chi connectivity index (χ0n) is 16.9. The van der Waals surface area contributed by atoms with Crippen LogP contribution >= 0.6 is 0 Å². The van der Waals surface area contributed by atoms with E-state index >= 15 is 0 Å². The highest BCUT2D eigenvalue weighted by Crippen LogP contribution is 2.29. The van der Waals surface area contributed by atoms with Crippen molar-refractivity contribution in [1.82, 2.24) is 20.2 Å². The van der Waals surface area contributed by atoms with E-state index in [9.17, 15) is 4.79 Å². The first-order valence-corrected chi connectivity index (χ1v) is 9.76. The maximum absolute atomic E-state index is 12.6. The summed E-state index contributed by atoms with van der Waals surface area (Å²) in [5, 5.41) is 3.01. The lowest BCUT2D eigenvalue weighted by atomic mass is 9.97. The van der Waals surface area contributed by atoms with E-state index in [0.29, 0.717) is 24.0 Å². The molecule has 1 saturated heterocycles. The highest BCUT2D eigenvalue weighted by Gasteiger charge is 2.35. The van der Waals surface area contributed by atoms with Crippen molar-refractivity contribution < 1.29 is 14.3 Å². The van der Waals surface area contributed by atoms with E-state index in [-0.39, 0.29) is 11.9 Å². The monoisotopic (exact) mass is 394 g/mol. The van der Waals surface area contributed by atoms with Crippen molar-refractivity contribution in [2.45, 2.75) is 25.4 Å². The van der Waals surface area contributed by atoms with Gasteiger partial charge in [0.1, 0.15) is 5.82 Å². The summed E-state index contributed by atoms with van der Waals surface area (Å²) in [5.74, 6) is 2.68. The van der Waals surface area contributed by atoms with Crippen LogP contribution in [0.3, 0.4) is 0 Å². The summed E-state index contributed by atoms with van der Waals surface area (Å²) in [5.41, 5.74) is 3.01. The van der Waals surface area contributed by atoms with Gasteiger partial charge in [0.05, 0.1) is 31.3 Å². The number of amides is 1. The van der Waals surface area contributed by atoms with Gasteiger partial charge in [0.25, 0.3) is 0 Å². The molecular weight excluding hydrogens is 368 g/mol. The largest absolute Gasteiger partial charge is 0.493 e. The number of benzene rings is 2. The van der Waals surface area contributed by atoms with Crippen LogP contribution in [-0.2, 0) is 11.3 Å². The molecule has 4 rings (SSSR count). The first-order chi connectivity index (χ1) is 14.1. The van der Waals surface area contributed by atoms with E-state index in [4.69, 9.17) is 9.47 Å². The van der Waals surface area contributed by atoms with Crippen LogP contribution in [0.25, 0.3) is 11.0 Å². The number of para-hydroxylation sites is 2.